The zero-order chi connectivity index (χ0) is 24.1. The van der Waals surface area contributed by atoms with Gasteiger partial charge in [0.2, 0.25) is 0 Å². The van der Waals surface area contributed by atoms with Crippen molar-refractivity contribution in [3.8, 4) is 0 Å². The van der Waals surface area contributed by atoms with E-state index in [4.69, 9.17) is 0 Å². The summed E-state index contributed by atoms with van der Waals surface area (Å²) in [5.74, 6) is 0.455. The normalized spacial score (nSPS) is 18.0. The third-order valence-electron chi connectivity index (χ3n) is 5.11. The molecule has 0 aliphatic heterocycles. The maximum absolute atomic E-state index is 3.61. The molecule has 1 unspecified atom stereocenters. The third kappa shape index (κ3) is 13.2. The second-order valence-electron chi connectivity index (χ2n) is 12.9. The molecule has 2 rings (SSSR count). The summed E-state index contributed by atoms with van der Waals surface area (Å²) >= 11 is 1.55. The molecule has 0 fully saturated rings. The van der Waals surface area contributed by atoms with Crippen molar-refractivity contribution in [1.29, 1.82) is 0 Å². The first kappa shape index (κ1) is 36.9. The van der Waals surface area contributed by atoms with E-state index in [9.17, 15) is 0 Å². The van der Waals surface area contributed by atoms with Crippen LogP contribution in [0.25, 0.3) is 0 Å². The molecule has 3 heteroatoms. The molecule has 32 heavy (non-hydrogen) atoms. The van der Waals surface area contributed by atoms with Crippen LogP contribution in [0.4, 0.5) is 0 Å². The van der Waals surface area contributed by atoms with Gasteiger partial charge in [-0.3, -0.25) is 12.2 Å². The van der Waals surface area contributed by atoms with Crippen molar-refractivity contribution in [1.82, 2.24) is 0 Å². The molecule has 0 amide bonds. The Balaban J connectivity index is -0.000000473. The minimum Gasteiger partial charge on any atom is -1.00 e. The van der Waals surface area contributed by atoms with Gasteiger partial charge in [-0.05, 0) is 16.2 Å². The van der Waals surface area contributed by atoms with E-state index in [-0.39, 0.29) is 41.1 Å². The zero-order valence-corrected chi connectivity index (χ0v) is 27.2. The van der Waals surface area contributed by atoms with E-state index in [1.54, 1.807) is 29.8 Å². The Morgan fingerprint density at radius 3 is 1.47 bits per heavy atom. The topological polar surface area (TPSA) is 0 Å². The fourth-order valence-corrected chi connectivity index (χ4v) is 3.53. The van der Waals surface area contributed by atoms with Gasteiger partial charge in [0.05, 0.1) is 0 Å². The Bertz CT molecular complexity index is 702. The van der Waals surface area contributed by atoms with Crippen LogP contribution in [-0.4, -0.2) is 3.21 Å². The van der Waals surface area contributed by atoms with Crippen LogP contribution in [0.5, 0.6) is 0 Å². The van der Waals surface area contributed by atoms with E-state index in [0.29, 0.717) is 11.3 Å². The van der Waals surface area contributed by atoms with Gasteiger partial charge in [-0.15, -0.1) is 6.42 Å². The maximum Gasteiger partial charge on any atom is -1.00 e. The van der Waals surface area contributed by atoms with Crippen LogP contribution < -0.4 is 24.8 Å². The van der Waals surface area contributed by atoms with Gasteiger partial charge < -0.3 is 24.8 Å². The van der Waals surface area contributed by atoms with E-state index in [1.165, 1.54) is 14.4 Å². The van der Waals surface area contributed by atoms with Crippen LogP contribution in [-0.2, 0) is 24.2 Å². The fourth-order valence-electron chi connectivity index (χ4n) is 3.53. The van der Waals surface area contributed by atoms with Gasteiger partial charge in [0.1, 0.15) is 0 Å². The quantitative estimate of drug-likeness (QED) is 0.401. The predicted octanol–water partition coefficient (Wildman–Crippen LogP) is 2.89. The summed E-state index contributed by atoms with van der Waals surface area (Å²) in [5.41, 5.74) is 5.60. The molecule has 0 aromatic carbocycles. The molecule has 0 aromatic heterocycles. The molecule has 0 saturated heterocycles. The molecular weight excluding hydrogens is 510 g/mol. The third-order valence-corrected chi connectivity index (χ3v) is 5.11. The second-order valence-corrected chi connectivity index (χ2v) is 15.4. The summed E-state index contributed by atoms with van der Waals surface area (Å²) in [6, 6.07) is 0. The largest absolute Gasteiger partial charge is 1.00 e. The molecule has 0 nitrogen and oxygen atoms in total. The Labute approximate surface area is 229 Å². The first-order valence-corrected chi connectivity index (χ1v) is 12.5. The molecule has 1 atom stereocenters. The second kappa shape index (κ2) is 14.0. The molecule has 2 aliphatic carbocycles. The smallest absolute Gasteiger partial charge is 1.00 e. The Morgan fingerprint density at radius 2 is 1.25 bits per heavy atom. The summed E-state index contributed by atoms with van der Waals surface area (Å²) in [7, 11) is 0. The van der Waals surface area contributed by atoms with Crippen LogP contribution in [0.2, 0.25) is 0 Å². The number of halogens is 2. The van der Waals surface area contributed by atoms with E-state index in [1.807, 2.05) is 6.08 Å². The summed E-state index contributed by atoms with van der Waals surface area (Å²) in [6.45, 7) is 31.8. The zero-order valence-electron chi connectivity index (χ0n) is 23.3. The van der Waals surface area contributed by atoms with Crippen molar-refractivity contribution < 1.29 is 49.0 Å². The summed E-state index contributed by atoms with van der Waals surface area (Å²) in [4.78, 5) is 0. The molecule has 0 bridgehead atoms. The molecule has 184 valence electrons. The minimum absolute atomic E-state index is 0. The number of hydrogen-bond acceptors (Lipinski definition) is 0. The molecule has 0 heterocycles. The predicted molar refractivity (Wildman–Crippen MR) is 133 cm³/mol. The van der Waals surface area contributed by atoms with Crippen molar-refractivity contribution in [2.24, 2.45) is 27.6 Å². The van der Waals surface area contributed by atoms with Crippen molar-refractivity contribution >= 4 is 3.21 Å². The summed E-state index contributed by atoms with van der Waals surface area (Å²) in [6.07, 6.45) is 14.2. The SMILES string of the molecule is CC(C)(C)C1=C(C(C)(C)C)C(C(C)(C)C)[C-]=C1.CC(C)(C)C1=CC=[C-]C1.C[C](C)=[Zr+2].[Cl-].[Cl-]. The van der Waals surface area contributed by atoms with Gasteiger partial charge in [-0.1, -0.05) is 94.4 Å². The molecular formula is C29H48Cl2Zr-2. The minimum atomic E-state index is 0. The van der Waals surface area contributed by atoms with E-state index in [0.717, 1.165) is 6.42 Å². The maximum atomic E-state index is 3.61. The summed E-state index contributed by atoms with van der Waals surface area (Å²) < 4.78 is 1.51. The monoisotopic (exact) mass is 556 g/mol. The first-order valence-electron chi connectivity index (χ1n) is 11.3. The van der Waals surface area contributed by atoms with Gasteiger partial charge in [-0.2, -0.15) is 16.7 Å². The van der Waals surface area contributed by atoms with Crippen molar-refractivity contribution in [2.75, 3.05) is 0 Å². The van der Waals surface area contributed by atoms with Gasteiger partial charge in [0.25, 0.3) is 0 Å². The van der Waals surface area contributed by atoms with Crippen LogP contribution in [0.1, 0.15) is 103 Å². The number of hydrogen-bond donors (Lipinski definition) is 0. The fraction of sp³-hybridized carbons (Fsp3) is 0.690. The van der Waals surface area contributed by atoms with Gasteiger partial charge in [0.15, 0.2) is 0 Å². The van der Waals surface area contributed by atoms with Crippen LogP contribution in [0.15, 0.2) is 34.9 Å². The number of allylic oxidation sites excluding steroid dienone is 8. The average molecular weight is 559 g/mol. The van der Waals surface area contributed by atoms with E-state index >= 15 is 0 Å². The molecule has 0 saturated carbocycles. The average Bonchev–Trinajstić information content (AvgIpc) is 3.15. The van der Waals surface area contributed by atoms with Crippen molar-refractivity contribution in [3.05, 3.63) is 47.1 Å². The molecule has 0 aromatic rings. The first-order chi connectivity index (χ1) is 13.2. The van der Waals surface area contributed by atoms with Gasteiger partial charge in [0, 0.05) is 0 Å². The number of rotatable bonds is 0. The molecule has 2 aliphatic rings. The van der Waals surface area contributed by atoms with Crippen LogP contribution >= 0.6 is 0 Å². The van der Waals surface area contributed by atoms with Crippen molar-refractivity contribution in [3.63, 3.8) is 0 Å². The van der Waals surface area contributed by atoms with Crippen LogP contribution in [0, 0.1) is 39.7 Å². The standard InChI is InChI=1S/C17H29.C9H13.C3H6.2ClH.Zr/c1-15(2,3)12-10-11-13(16(4,5)6)14(12)17(7,8)9;1-9(2,3)8-6-4-5-7-8;1-3-2;;;/h10,13H,1-9H3;4,6H,7H2,1-3H3;1-2H3;2*1H;/q2*-1;;;;+2/p-2. The Morgan fingerprint density at radius 1 is 0.812 bits per heavy atom. The van der Waals surface area contributed by atoms with E-state index in [2.05, 4.69) is 121 Å². The van der Waals surface area contributed by atoms with Crippen LogP contribution in [0.3, 0.4) is 0 Å². The van der Waals surface area contributed by atoms with E-state index < -0.39 is 0 Å². The molecule has 0 N–H and O–H groups in total. The van der Waals surface area contributed by atoms with Gasteiger partial charge in [-0.25, -0.2) is 18.2 Å². The Kier molecular flexibility index (Phi) is 16.1. The Hall–Kier alpha value is 0.293. The summed E-state index contributed by atoms with van der Waals surface area (Å²) in [5, 5.41) is 0. The molecule has 0 radical (unpaired) electrons. The van der Waals surface area contributed by atoms with Crippen molar-refractivity contribution in [2.45, 2.75) is 103 Å². The van der Waals surface area contributed by atoms with Gasteiger partial charge >= 0.3 is 41.3 Å². The molecule has 0 spiro atoms.